The first kappa shape index (κ1) is 12.6. The van der Waals surface area contributed by atoms with Crippen LogP contribution in [0.2, 0.25) is 0 Å². The second kappa shape index (κ2) is 5.70. The van der Waals surface area contributed by atoms with Gasteiger partial charge in [0.25, 0.3) is 0 Å². The number of hydrogen-bond acceptors (Lipinski definition) is 2. The summed E-state index contributed by atoms with van der Waals surface area (Å²) in [6, 6.07) is 10.0. The average Bonchev–Trinajstić information content (AvgIpc) is 2.47. The van der Waals surface area contributed by atoms with Crippen LogP contribution < -0.4 is 0 Å². The van der Waals surface area contributed by atoms with E-state index in [0.717, 1.165) is 22.9 Å². The van der Waals surface area contributed by atoms with Crippen LogP contribution in [0.3, 0.4) is 0 Å². The molecule has 0 aliphatic heterocycles. The molecular weight excluding hydrogens is 234 g/mol. The van der Waals surface area contributed by atoms with Crippen molar-refractivity contribution in [1.29, 1.82) is 0 Å². The van der Waals surface area contributed by atoms with Gasteiger partial charge in [-0.05, 0) is 30.0 Å². The van der Waals surface area contributed by atoms with Gasteiger partial charge in [0.05, 0.1) is 11.6 Å². The zero-order valence-electron chi connectivity index (χ0n) is 11.3. The minimum absolute atomic E-state index is 0.351. The summed E-state index contributed by atoms with van der Waals surface area (Å²) in [5, 5.41) is 11.6. The fourth-order valence-electron chi connectivity index (χ4n) is 3.27. The van der Waals surface area contributed by atoms with E-state index in [2.05, 4.69) is 11.1 Å². The second-order valence-electron chi connectivity index (χ2n) is 5.67. The van der Waals surface area contributed by atoms with E-state index in [1.54, 1.807) is 0 Å². The topological polar surface area (TPSA) is 33.1 Å². The Balaban J connectivity index is 1.82. The molecule has 0 saturated heterocycles. The zero-order chi connectivity index (χ0) is 13.1. The van der Waals surface area contributed by atoms with Crippen LogP contribution in [-0.2, 0) is 0 Å². The van der Waals surface area contributed by atoms with Crippen molar-refractivity contribution in [2.75, 3.05) is 0 Å². The predicted octanol–water partition coefficient (Wildman–Crippen LogP) is 4.24. The summed E-state index contributed by atoms with van der Waals surface area (Å²) in [5.74, 6) is 0.690. The van der Waals surface area contributed by atoms with Gasteiger partial charge in [-0.1, -0.05) is 50.3 Å². The lowest BCUT2D eigenvalue weighted by molar-refractivity contribution is 0.132. The van der Waals surface area contributed by atoms with Gasteiger partial charge < -0.3 is 5.11 Å². The molecule has 1 saturated carbocycles. The lowest BCUT2D eigenvalue weighted by Gasteiger charge is -2.24. The van der Waals surface area contributed by atoms with Gasteiger partial charge in [-0.3, -0.25) is 4.98 Å². The van der Waals surface area contributed by atoms with Gasteiger partial charge in [0.15, 0.2) is 0 Å². The molecule has 1 unspecified atom stereocenters. The Hall–Kier alpha value is -1.41. The molecular formula is C17H21NO. The first-order chi connectivity index (χ1) is 9.34. The van der Waals surface area contributed by atoms with E-state index in [1.165, 1.54) is 32.1 Å². The number of aliphatic hydroxyl groups excluding tert-OH is 1. The molecule has 1 aliphatic rings. The maximum absolute atomic E-state index is 10.5. The third kappa shape index (κ3) is 2.79. The molecule has 2 aromatic rings. The lowest BCUT2D eigenvalue weighted by Crippen LogP contribution is -2.11. The number of para-hydroxylation sites is 1. The number of benzene rings is 1. The number of fused-ring (bicyclic) bond motifs is 1. The van der Waals surface area contributed by atoms with Crippen LogP contribution in [0.1, 0.15) is 50.2 Å². The Morgan fingerprint density at radius 3 is 2.74 bits per heavy atom. The molecule has 2 nitrogen and oxygen atoms in total. The zero-order valence-corrected chi connectivity index (χ0v) is 11.3. The third-order valence-electron chi connectivity index (χ3n) is 4.32. The van der Waals surface area contributed by atoms with Gasteiger partial charge in [0.1, 0.15) is 0 Å². The van der Waals surface area contributed by atoms with E-state index in [0.29, 0.717) is 5.92 Å². The highest BCUT2D eigenvalue weighted by Crippen LogP contribution is 2.33. The van der Waals surface area contributed by atoms with Crippen LogP contribution in [0.5, 0.6) is 0 Å². The molecule has 3 rings (SSSR count). The van der Waals surface area contributed by atoms with E-state index in [1.807, 2.05) is 30.5 Å². The molecule has 1 heterocycles. The van der Waals surface area contributed by atoms with E-state index in [9.17, 15) is 5.11 Å². The Kier molecular flexibility index (Phi) is 3.79. The van der Waals surface area contributed by atoms with Crippen LogP contribution in [0.25, 0.3) is 10.9 Å². The molecule has 1 N–H and O–H groups in total. The molecule has 100 valence electrons. The number of nitrogens with zero attached hydrogens (tertiary/aromatic N) is 1. The highest BCUT2D eigenvalue weighted by Gasteiger charge is 2.19. The predicted molar refractivity (Wildman–Crippen MR) is 77.9 cm³/mol. The highest BCUT2D eigenvalue weighted by atomic mass is 16.3. The van der Waals surface area contributed by atoms with Crippen LogP contribution in [-0.4, -0.2) is 10.1 Å². The Labute approximate surface area is 114 Å². The fourth-order valence-corrected chi connectivity index (χ4v) is 3.27. The van der Waals surface area contributed by atoms with Crippen LogP contribution in [0, 0.1) is 5.92 Å². The summed E-state index contributed by atoms with van der Waals surface area (Å²) >= 11 is 0. The first-order valence-corrected chi connectivity index (χ1v) is 7.36. The Morgan fingerprint density at radius 2 is 1.89 bits per heavy atom. The molecule has 1 atom stereocenters. The van der Waals surface area contributed by atoms with E-state index >= 15 is 0 Å². The number of pyridine rings is 1. The van der Waals surface area contributed by atoms with Gasteiger partial charge in [-0.15, -0.1) is 0 Å². The summed E-state index contributed by atoms with van der Waals surface area (Å²) in [6.45, 7) is 0. The molecule has 1 aromatic heterocycles. The van der Waals surface area contributed by atoms with Crippen molar-refractivity contribution >= 4 is 10.9 Å². The molecule has 2 heteroatoms. The fraction of sp³-hybridized carbons (Fsp3) is 0.471. The second-order valence-corrected chi connectivity index (χ2v) is 5.67. The number of aliphatic hydroxyl groups is 1. The van der Waals surface area contributed by atoms with E-state index < -0.39 is 0 Å². The van der Waals surface area contributed by atoms with Gasteiger partial charge >= 0.3 is 0 Å². The molecule has 0 spiro atoms. The summed E-state index contributed by atoms with van der Waals surface area (Å²) < 4.78 is 0. The molecule has 0 bridgehead atoms. The summed E-state index contributed by atoms with van der Waals surface area (Å²) in [7, 11) is 0. The number of rotatable bonds is 3. The highest BCUT2D eigenvalue weighted by molar-refractivity contribution is 5.82. The smallest absolute Gasteiger partial charge is 0.0799 e. The van der Waals surface area contributed by atoms with Crippen LogP contribution in [0.4, 0.5) is 0 Å². The van der Waals surface area contributed by atoms with Crippen molar-refractivity contribution in [3.63, 3.8) is 0 Å². The molecule has 1 aromatic carbocycles. The lowest BCUT2D eigenvalue weighted by atomic mass is 9.84. The number of aromatic nitrogens is 1. The van der Waals surface area contributed by atoms with Crippen molar-refractivity contribution in [3.05, 3.63) is 42.1 Å². The first-order valence-electron chi connectivity index (χ1n) is 7.36. The van der Waals surface area contributed by atoms with Crippen molar-refractivity contribution < 1.29 is 5.11 Å². The summed E-state index contributed by atoms with van der Waals surface area (Å²) in [6.07, 6.45) is 8.93. The van der Waals surface area contributed by atoms with Gasteiger partial charge in [-0.25, -0.2) is 0 Å². The van der Waals surface area contributed by atoms with Gasteiger partial charge in [-0.2, -0.15) is 0 Å². The van der Waals surface area contributed by atoms with Crippen molar-refractivity contribution in [2.45, 2.75) is 44.6 Å². The molecule has 0 radical (unpaired) electrons. The standard InChI is InChI=1S/C17H21NO/c19-17(12-13-6-2-1-3-7-13)15-10-11-18-16-9-5-4-8-14(15)16/h4-5,8-11,13,17,19H,1-3,6-7,12H2. The number of hydrogen-bond donors (Lipinski definition) is 1. The molecule has 19 heavy (non-hydrogen) atoms. The molecule has 1 aliphatic carbocycles. The SMILES string of the molecule is OC(CC1CCCCC1)c1ccnc2ccccc12. The Morgan fingerprint density at radius 1 is 1.11 bits per heavy atom. The maximum Gasteiger partial charge on any atom is 0.0799 e. The minimum Gasteiger partial charge on any atom is -0.388 e. The summed E-state index contributed by atoms with van der Waals surface area (Å²) in [5.41, 5.74) is 2.01. The average molecular weight is 255 g/mol. The quantitative estimate of drug-likeness (QED) is 0.890. The van der Waals surface area contributed by atoms with Crippen molar-refractivity contribution in [1.82, 2.24) is 4.98 Å². The van der Waals surface area contributed by atoms with Crippen molar-refractivity contribution in [2.24, 2.45) is 5.92 Å². The van der Waals surface area contributed by atoms with Gasteiger partial charge in [0, 0.05) is 11.6 Å². The minimum atomic E-state index is -0.351. The van der Waals surface area contributed by atoms with E-state index in [4.69, 9.17) is 0 Å². The monoisotopic (exact) mass is 255 g/mol. The largest absolute Gasteiger partial charge is 0.388 e. The van der Waals surface area contributed by atoms with Gasteiger partial charge in [0.2, 0.25) is 0 Å². The molecule has 1 fully saturated rings. The van der Waals surface area contributed by atoms with Crippen LogP contribution in [0.15, 0.2) is 36.5 Å². The van der Waals surface area contributed by atoms with Crippen LogP contribution >= 0.6 is 0 Å². The summed E-state index contributed by atoms with van der Waals surface area (Å²) in [4.78, 5) is 4.36. The normalized spacial score (nSPS) is 18.6. The van der Waals surface area contributed by atoms with E-state index in [-0.39, 0.29) is 6.10 Å². The van der Waals surface area contributed by atoms with Crippen molar-refractivity contribution in [3.8, 4) is 0 Å². The maximum atomic E-state index is 10.5. The third-order valence-corrected chi connectivity index (χ3v) is 4.32. The Bertz CT molecular complexity index is 540. The molecule has 0 amide bonds.